The number of guanidine groups is 1. The molecule has 0 spiro atoms. The lowest BCUT2D eigenvalue weighted by Gasteiger charge is -2.27. The number of carboxylic acid groups (broad SMARTS) is 1. The van der Waals surface area contributed by atoms with Gasteiger partial charge in [0.05, 0.1) is 6.54 Å². The number of nitrogens with one attached hydrogen (secondary N) is 3. The molecule has 15 heavy (non-hydrogen) atoms. The molecule has 0 bridgehead atoms. The van der Waals surface area contributed by atoms with Crippen LogP contribution < -0.4 is 22.1 Å². The van der Waals surface area contributed by atoms with Gasteiger partial charge in [-0.2, -0.15) is 0 Å². The predicted molar refractivity (Wildman–Crippen MR) is 54.6 cm³/mol. The third-order valence-electron chi connectivity index (χ3n) is 1.96. The molecule has 0 aromatic rings. The summed E-state index contributed by atoms with van der Waals surface area (Å²) in [6.45, 7) is 3.55. The lowest BCUT2D eigenvalue weighted by Crippen LogP contribution is -2.59. The van der Waals surface area contributed by atoms with E-state index in [2.05, 4.69) is 21.3 Å². The van der Waals surface area contributed by atoms with Crippen LogP contribution in [0.4, 0.5) is 0 Å². The highest BCUT2D eigenvalue weighted by molar-refractivity contribution is 5.86. The van der Waals surface area contributed by atoms with Crippen LogP contribution in [0.1, 0.15) is 6.92 Å². The van der Waals surface area contributed by atoms with Gasteiger partial charge in [-0.3, -0.25) is 15.8 Å². The Bertz CT molecular complexity index is 256. The van der Waals surface area contributed by atoms with Crippen molar-refractivity contribution in [3.63, 3.8) is 0 Å². The van der Waals surface area contributed by atoms with Gasteiger partial charge < -0.3 is 10.0 Å². The number of carboxylic acids is 1. The highest BCUT2D eigenvalue weighted by Gasteiger charge is 2.29. The molecule has 1 aliphatic heterocycles. The van der Waals surface area contributed by atoms with E-state index < -0.39 is 12.1 Å². The first-order valence-corrected chi connectivity index (χ1v) is 4.69. The molecule has 0 fully saturated rings. The van der Waals surface area contributed by atoms with Crippen molar-refractivity contribution in [2.45, 2.75) is 13.1 Å². The summed E-state index contributed by atoms with van der Waals surface area (Å²) >= 11 is 0. The Kier molecular flexibility index (Phi) is 4.28. The SMILES string of the molecule is CCNNC(C(=O)O)N1CCN=C1NN. The minimum atomic E-state index is -0.985. The number of hydrogen-bond donors (Lipinski definition) is 5. The molecule has 8 nitrogen and oxygen atoms in total. The van der Waals surface area contributed by atoms with Gasteiger partial charge >= 0.3 is 5.97 Å². The minimum absolute atomic E-state index is 0.382. The maximum Gasteiger partial charge on any atom is 0.342 e. The van der Waals surface area contributed by atoms with Gasteiger partial charge in [-0.15, -0.1) is 0 Å². The van der Waals surface area contributed by atoms with Crippen molar-refractivity contribution in [3.8, 4) is 0 Å². The fraction of sp³-hybridized carbons (Fsp3) is 0.714. The van der Waals surface area contributed by atoms with Gasteiger partial charge in [-0.25, -0.2) is 16.1 Å². The Morgan fingerprint density at radius 2 is 2.53 bits per heavy atom. The van der Waals surface area contributed by atoms with Crippen LogP contribution in [0.15, 0.2) is 4.99 Å². The molecule has 0 saturated carbocycles. The summed E-state index contributed by atoms with van der Waals surface area (Å²) in [6.07, 6.45) is -0.873. The second-order valence-electron chi connectivity index (χ2n) is 2.96. The average Bonchev–Trinajstić information content (AvgIpc) is 2.66. The molecule has 0 radical (unpaired) electrons. The molecular weight excluding hydrogens is 200 g/mol. The van der Waals surface area contributed by atoms with Gasteiger partial charge in [0.15, 0.2) is 6.17 Å². The summed E-state index contributed by atoms with van der Waals surface area (Å²) in [5.74, 6) is 4.62. The summed E-state index contributed by atoms with van der Waals surface area (Å²) in [5.41, 5.74) is 7.80. The summed E-state index contributed by atoms with van der Waals surface area (Å²) in [6, 6.07) is 0. The maximum absolute atomic E-state index is 11.0. The molecule has 1 heterocycles. The van der Waals surface area contributed by atoms with E-state index in [0.29, 0.717) is 25.6 Å². The first-order valence-electron chi connectivity index (χ1n) is 4.69. The van der Waals surface area contributed by atoms with E-state index in [4.69, 9.17) is 10.9 Å². The molecule has 0 saturated heterocycles. The number of rotatable bonds is 5. The van der Waals surface area contributed by atoms with Crippen molar-refractivity contribution in [1.82, 2.24) is 21.2 Å². The van der Waals surface area contributed by atoms with Gasteiger partial charge in [0.25, 0.3) is 0 Å². The first-order chi connectivity index (χ1) is 7.20. The molecule has 1 unspecified atom stereocenters. The summed E-state index contributed by atoms with van der Waals surface area (Å²) < 4.78 is 0. The van der Waals surface area contributed by atoms with Crippen LogP contribution in [0.25, 0.3) is 0 Å². The normalized spacial score (nSPS) is 17.5. The summed E-state index contributed by atoms with van der Waals surface area (Å²) in [7, 11) is 0. The molecule has 0 amide bonds. The van der Waals surface area contributed by atoms with Crippen LogP contribution in [0.5, 0.6) is 0 Å². The zero-order valence-corrected chi connectivity index (χ0v) is 8.53. The second-order valence-corrected chi connectivity index (χ2v) is 2.96. The number of nitrogens with two attached hydrogens (primary N) is 1. The van der Waals surface area contributed by atoms with Crippen molar-refractivity contribution in [3.05, 3.63) is 0 Å². The van der Waals surface area contributed by atoms with E-state index in [1.165, 1.54) is 0 Å². The van der Waals surface area contributed by atoms with Gasteiger partial charge in [-0.1, -0.05) is 6.92 Å². The second kappa shape index (κ2) is 5.49. The molecule has 1 aliphatic rings. The average molecular weight is 216 g/mol. The van der Waals surface area contributed by atoms with Gasteiger partial charge in [-0.05, 0) is 0 Å². The lowest BCUT2D eigenvalue weighted by atomic mass is 10.4. The van der Waals surface area contributed by atoms with Crippen molar-refractivity contribution < 1.29 is 9.90 Å². The van der Waals surface area contributed by atoms with Crippen molar-refractivity contribution in [1.29, 1.82) is 0 Å². The third kappa shape index (κ3) is 2.78. The van der Waals surface area contributed by atoms with Gasteiger partial charge in [0.2, 0.25) is 5.96 Å². The number of aliphatic carboxylic acids is 1. The fourth-order valence-electron chi connectivity index (χ4n) is 1.31. The van der Waals surface area contributed by atoms with E-state index in [9.17, 15) is 4.79 Å². The van der Waals surface area contributed by atoms with Gasteiger partial charge in [0, 0.05) is 13.1 Å². The molecule has 0 aliphatic carbocycles. The topological polar surface area (TPSA) is 115 Å². The zero-order valence-electron chi connectivity index (χ0n) is 8.53. The number of nitrogens with zero attached hydrogens (tertiary/aromatic N) is 2. The molecule has 0 aromatic carbocycles. The van der Waals surface area contributed by atoms with Crippen LogP contribution in [-0.4, -0.2) is 47.7 Å². The van der Waals surface area contributed by atoms with Crippen LogP contribution in [0, 0.1) is 0 Å². The zero-order chi connectivity index (χ0) is 11.3. The monoisotopic (exact) mass is 216 g/mol. The van der Waals surface area contributed by atoms with Crippen LogP contribution >= 0.6 is 0 Å². The Labute approximate surface area is 87.5 Å². The van der Waals surface area contributed by atoms with Crippen LogP contribution in [0.2, 0.25) is 0 Å². The Balaban J connectivity index is 2.63. The number of carbonyl (C=O) groups is 1. The number of aliphatic imine (C=N–C) groups is 1. The Hall–Kier alpha value is -1.38. The van der Waals surface area contributed by atoms with E-state index in [1.807, 2.05) is 6.92 Å². The number of hydrogen-bond acceptors (Lipinski definition) is 7. The minimum Gasteiger partial charge on any atom is -0.479 e. The molecule has 0 aromatic heterocycles. The lowest BCUT2D eigenvalue weighted by molar-refractivity contribution is -0.143. The Morgan fingerprint density at radius 1 is 1.80 bits per heavy atom. The fourth-order valence-corrected chi connectivity index (χ4v) is 1.31. The molecule has 6 N–H and O–H groups in total. The highest BCUT2D eigenvalue weighted by Crippen LogP contribution is 2.03. The van der Waals surface area contributed by atoms with Crippen LogP contribution in [0.3, 0.4) is 0 Å². The number of hydrazine groups is 2. The maximum atomic E-state index is 11.0. The van der Waals surface area contributed by atoms with Gasteiger partial charge in [0.1, 0.15) is 0 Å². The van der Waals surface area contributed by atoms with Crippen LogP contribution in [-0.2, 0) is 4.79 Å². The first kappa shape index (κ1) is 11.7. The molecule has 86 valence electrons. The predicted octanol–water partition coefficient (Wildman–Crippen LogP) is -2.35. The largest absolute Gasteiger partial charge is 0.479 e. The Morgan fingerprint density at radius 3 is 3.07 bits per heavy atom. The van der Waals surface area contributed by atoms with Crippen molar-refractivity contribution in [2.24, 2.45) is 10.8 Å². The van der Waals surface area contributed by atoms with Crippen molar-refractivity contribution >= 4 is 11.9 Å². The molecule has 1 atom stereocenters. The third-order valence-corrected chi connectivity index (χ3v) is 1.96. The van der Waals surface area contributed by atoms with E-state index in [1.54, 1.807) is 4.90 Å². The van der Waals surface area contributed by atoms with E-state index in [-0.39, 0.29) is 0 Å². The summed E-state index contributed by atoms with van der Waals surface area (Å²) in [5, 5.41) is 9.01. The molecule has 8 heteroatoms. The smallest absolute Gasteiger partial charge is 0.342 e. The summed E-state index contributed by atoms with van der Waals surface area (Å²) in [4.78, 5) is 16.6. The quantitative estimate of drug-likeness (QED) is 0.258. The standard InChI is InChI=1S/C7H16N6O2/c1-2-10-12-5(6(14)15)13-4-3-9-7(13)11-8/h5,10,12H,2-4,8H2,1H3,(H,9,11)(H,14,15). The molecule has 1 rings (SSSR count). The highest BCUT2D eigenvalue weighted by atomic mass is 16.4. The van der Waals surface area contributed by atoms with E-state index >= 15 is 0 Å². The van der Waals surface area contributed by atoms with Crippen molar-refractivity contribution in [2.75, 3.05) is 19.6 Å². The molecular formula is C7H16N6O2. The van der Waals surface area contributed by atoms with E-state index in [0.717, 1.165) is 0 Å².